The summed E-state index contributed by atoms with van der Waals surface area (Å²) < 4.78 is 5.37. The Balaban J connectivity index is 1.67. The van der Waals surface area contributed by atoms with Crippen molar-refractivity contribution in [3.8, 4) is 22.4 Å². The monoisotopic (exact) mass is 405 g/mol. The normalized spacial score (nSPS) is 11.7. The van der Waals surface area contributed by atoms with E-state index in [9.17, 15) is 0 Å². The summed E-state index contributed by atoms with van der Waals surface area (Å²) in [7, 11) is 0. The lowest BCUT2D eigenvalue weighted by molar-refractivity contribution is 0.393. The molecule has 2 aromatic carbocycles. The first-order valence-electron chi connectivity index (χ1n) is 10.2. The van der Waals surface area contributed by atoms with E-state index in [2.05, 4.69) is 39.4 Å². The molecule has 6 rings (SSSR count). The van der Waals surface area contributed by atoms with Crippen LogP contribution in [0.1, 0.15) is 17.3 Å². The highest BCUT2D eigenvalue weighted by Crippen LogP contribution is 2.37. The van der Waals surface area contributed by atoms with Crippen molar-refractivity contribution in [3.63, 3.8) is 0 Å². The Hall–Kier alpha value is -4.06. The zero-order chi connectivity index (χ0) is 21.1. The van der Waals surface area contributed by atoms with Crippen LogP contribution in [0.25, 0.3) is 55.2 Å². The maximum absolute atomic E-state index is 5.37. The van der Waals surface area contributed by atoms with Gasteiger partial charge in [-0.05, 0) is 44.5 Å². The molecule has 0 aliphatic rings. The smallest absolute Gasteiger partial charge is 0.142 e. The predicted molar refractivity (Wildman–Crippen MR) is 122 cm³/mol. The van der Waals surface area contributed by atoms with Crippen LogP contribution in [-0.2, 0) is 0 Å². The minimum atomic E-state index is 0.723. The lowest BCUT2D eigenvalue weighted by Crippen LogP contribution is -1.94. The molecule has 6 aromatic rings. The van der Waals surface area contributed by atoms with Crippen LogP contribution in [-0.4, -0.2) is 25.1 Å². The van der Waals surface area contributed by atoms with Crippen LogP contribution in [0.15, 0.2) is 59.3 Å². The van der Waals surface area contributed by atoms with Crippen molar-refractivity contribution in [1.82, 2.24) is 25.1 Å². The Labute approximate surface area is 178 Å². The first kappa shape index (κ1) is 17.8. The molecule has 4 heterocycles. The predicted octanol–water partition coefficient (Wildman–Crippen LogP) is 5.91. The zero-order valence-corrected chi connectivity index (χ0v) is 17.4. The van der Waals surface area contributed by atoms with Crippen molar-refractivity contribution in [1.29, 1.82) is 0 Å². The van der Waals surface area contributed by atoms with Crippen molar-refractivity contribution < 1.29 is 4.52 Å². The van der Waals surface area contributed by atoms with Gasteiger partial charge in [-0.3, -0.25) is 4.98 Å². The number of fused-ring (bicyclic) bond motifs is 4. The molecule has 0 fully saturated rings. The molecule has 0 bridgehead atoms. The van der Waals surface area contributed by atoms with E-state index >= 15 is 0 Å². The number of hydrogen-bond acceptors (Lipinski definition) is 5. The number of aromatic amines is 1. The van der Waals surface area contributed by atoms with Gasteiger partial charge >= 0.3 is 0 Å². The van der Waals surface area contributed by atoms with E-state index in [0.717, 1.165) is 72.5 Å². The maximum Gasteiger partial charge on any atom is 0.142 e. The molecule has 1 N–H and O–H groups in total. The molecule has 4 aromatic heterocycles. The number of para-hydroxylation sites is 1. The second kappa shape index (κ2) is 6.47. The van der Waals surface area contributed by atoms with Gasteiger partial charge < -0.3 is 9.51 Å². The average Bonchev–Trinajstić information content (AvgIpc) is 3.30. The fourth-order valence-corrected chi connectivity index (χ4v) is 4.46. The molecule has 0 aliphatic heterocycles. The van der Waals surface area contributed by atoms with E-state index in [1.807, 2.05) is 51.2 Å². The van der Waals surface area contributed by atoms with E-state index in [4.69, 9.17) is 14.5 Å². The Morgan fingerprint density at radius 1 is 0.903 bits per heavy atom. The van der Waals surface area contributed by atoms with Gasteiger partial charge in [-0.1, -0.05) is 35.5 Å². The van der Waals surface area contributed by atoms with Gasteiger partial charge in [0.25, 0.3) is 0 Å². The summed E-state index contributed by atoms with van der Waals surface area (Å²) in [6.07, 6.45) is 1.84. The third-order valence-corrected chi connectivity index (χ3v) is 5.79. The standard InChI is InChI=1S/C25H19N5O/c1-13-22(14(2)31-30-13)16-8-9-19-21(12-16)29-25-23(19)24(27-15(3)28-25)18-10-11-26-20-7-5-4-6-17(18)20/h4-12H,1-3H3,(H,27,28,29). The quantitative estimate of drug-likeness (QED) is 0.387. The number of nitrogens with zero attached hydrogens (tertiary/aromatic N) is 4. The number of hydrogen-bond donors (Lipinski definition) is 1. The second-order valence-electron chi connectivity index (χ2n) is 7.80. The molecule has 0 saturated carbocycles. The van der Waals surface area contributed by atoms with Gasteiger partial charge in [0.05, 0.1) is 22.3 Å². The summed E-state index contributed by atoms with van der Waals surface area (Å²) in [5, 5.41) is 7.27. The molecule has 0 radical (unpaired) electrons. The third-order valence-electron chi connectivity index (χ3n) is 5.79. The highest BCUT2D eigenvalue weighted by molar-refractivity contribution is 6.14. The van der Waals surface area contributed by atoms with Gasteiger partial charge in [0.2, 0.25) is 0 Å². The van der Waals surface area contributed by atoms with Crippen molar-refractivity contribution in [2.75, 3.05) is 0 Å². The molecular weight excluding hydrogens is 386 g/mol. The van der Waals surface area contributed by atoms with Crippen LogP contribution >= 0.6 is 0 Å². The van der Waals surface area contributed by atoms with Gasteiger partial charge in [0.1, 0.15) is 17.2 Å². The fraction of sp³-hybridized carbons (Fsp3) is 0.120. The number of H-pyrrole nitrogens is 1. The van der Waals surface area contributed by atoms with Crippen LogP contribution in [0.2, 0.25) is 0 Å². The third kappa shape index (κ3) is 2.65. The van der Waals surface area contributed by atoms with Crippen molar-refractivity contribution in [3.05, 3.63) is 72.0 Å². The van der Waals surface area contributed by atoms with Gasteiger partial charge in [-0.2, -0.15) is 0 Å². The molecule has 0 spiro atoms. The Morgan fingerprint density at radius 3 is 2.61 bits per heavy atom. The molecule has 31 heavy (non-hydrogen) atoms. The lowest BCUT2D eigenvalue weighted by Gasteiger charge is -2.08. The SMILES string of the molecule is Cc1nc(-c2ccnc3ccccc23)c2c(n1)[nH]c1cc(-c3c(C)noc3C)ccc12. The van der Waals surface area contributed by atoms with Crippen LogP contribution in [0, 0.1) is 20.8 Å². The number of rotatable bonds is 2. The van der Waals surface area contributed by atoms with E-state index in [1.165, 1.54) is 0 Å². The van der Waals surface area contributed by atoms with Crippen molar-refractivity contribution in [2.24, 2.45) is 0 Å². The number of pyridine rings is 1. The summed E-state index contributed by atoms with van der Waals surface area (Å²) in [5.74, 6) is 1.54. The van der Waals surface area contributed by atoms with Gasteiger partial charge in [-0.15, -0.1) is 0 Å². The van der Waals surface area contributed by atoms with E-state index in [1.54, 1.807) is 0 Å². The van der Waals surface area contributed by atoms with Crippen LogP contribution < -0.4 is 0 Å². The first-order valence-corrected chi connectivity index (χ1v) is 10.2. The molecular formula is C25H19N5O. The topological polar surface area (TPSA) is 80.5 Å². The molecule has 0 unspecified atom stereocenters. The van der Waals surface area contributed by atoms with Crippen molar-refractivity contribution >= 4 is 32.8 Å². The van der Waals surface area contributed by atoms with Gasteiger partial charge in [0.15, 0.2) is 0 Å². The Bertz CT molecular complexity index is 1600. The molecule has 150 valence electrons. The van der Waals surface area contributed by atoms with Gasteiger partial charge in [0, 0.05) is 33.6 Å². The fourth-order valence-electron chi connectivity index (χ4n) is 4.46. The van der Waals surface area contributed by atoms with E-state index in [0.29, 0.717) is 0 Å². The summed E-state index contributed by atoms with van der Waals surface area (Å²) >= 11 is 0. The molecule has 6 nitrogen and oxygen atoms in total. The average molecular weight is 405 g/mol. The molecule has 6 heteroatoms. The highest BCUT2D eigenvalue weighted by Gasteiger charge is 2.18. The van der Waals surface area contributed by atoms with Crippen LogP contribution in [0.3, 0.4) is 0 Å². The summed E-state index contributed by atoms with van der Waals surface area (Å²) in [4.78, 5) is 17.6. The van der Waals surface area contributed by atoms with E-state index < -0.39 is 0 Å². The summed E-state index contributed by atoms with van der Waals surface area (Å²) in [5.41, 5.74) is 7.73. The number of benzene rings is 2. The Kier molecular flexibility index (Phi) is 3.71. The lowest BCUT2D eigenvalue weighted by atomic mass is 10.00. The number of aryl methyl sites for hydroxylation is 3. The largest absolute Gasteiger partial charge is 0.361 e. The zero-order valence-electron chi connectivity index (χ0n) is 17.4. The molecule has 0 amide bonds. The van der Waals surface area contributed by atoms with Gasteiger partial charge in [-0.25, -0.2) is 9.97 Å². The summed E-state index contributed by atoms with van der Waals surface area (Å²) in [6, 6.07) is 16.5. The van der Waals surface area contributed by atoms with Crippen molar-refractivity contribution in [2.45, 2.75) is 20.8 Å². The molecule has 0 aliphatic carbocycles. The molecule has 0 atom stereocenters. The molecule has 0 saturated heterocycles. The van der Waals surface area contributed by atoms with Crippen LogP contribution in [0.4, 0.5) is 0 Å². The highest BCUT2D eigenvalue weighted by atomic mass is 16.5. The number of nitrogens with one attached hydrogen (secondary N) is 1. The first-order chi connectivity index (χ1) is 15.1. The minimum absolute atomic E-state index is 0.723. The van der Waals surface area contributed by atoms with Crippen LogP contribution in [0.5, 0.6) is 0 Å². The Morgan fingerprint density at radius 2 is 1.77 bits per heavy atom. The minimum Gasteiger partial charge on any atom is -0.361 e. The summed E-state index contributed by atoms with van der Waals surface area (Å²) in [6.45, 7) is 5.82. The second-order valence-corrected chi connectivity index (χ2v) is 7.80. The van der Waals surface area contributed by atoms with E-state index in [-0.39, 0.29) is 0 Å². The number of aromatic nitrogens is 5. The maximum atomic E-state index is 5.37.